The van der Waals surface area contributed by atoms with Crippen LogP contribution >= 0.6 is 0 Å². The van der Waals surface area contributed by atoms with Crippen LogP contribution in [0.1, 0.15) is 41.6 Å². The first kappa shape index (κ1) is 13.9. The van der Waals surface area contributed by atoms with E-state index in [-0.39, 0.29) is 5.91 Å². The van der Waals surface area contributed by atoms with Gasteiger partial charge >= 0.3 is 0 Å². The predicted molar refractivity (Wildman–Crippen MR) is 79.0 cm³/mol. The number of amides is 1. The van der Waals surface area contributed by atoms with E-state index < -0.39 is 0 Å². The van der Waals surface area contributed by atoms with E-state index in [4.69, 9.17) is 0 Å². The number of fused-ring (bicyclic) bond motifs is 1. The lowest BCUT2D eigenvalue weighted by atomic mass is 9.99. The number of carbonyl (C=O) groups excluding carboxylic acids is 1. The summed E-state index contributed by atoms with van der Waals surface area (Å²) in [5, 5.41) is 9.94. The van der Waals surface area contributed by atoms with E-state index in [1.54, 1.807) is 6.20 Å². The summed E-state index contributed by atoms with van der Waals surface area (Å²) in [5.41, 5.74) is 1.60. The molecule has 6 nitrogen and oxygen atoms in total. The number of rotatable bonds is 5. The summed E-state index contributed by atoms with van der Waals surface area (Å²) < 4.78 is 2.18. The van der Waals surface area contributed by atoms with Crippen LogP contribution in [0.2, 0.25) is 0 Å². The number of aromatic amines is 1. The molecule has 1 aliphatic heterocycles. The fraction of sp³-hybridized carbons (Fsp3) is 0.533. The van der Waals surface area contributed by atoms with E-state index in [2.05, 4.69) is 32.0 Å². The van der Waals surface area contributed by atoms with Crippen molar-refractivity contribution in [3.63, 3.8) is 0 Å². The number of nitrogens with zero attached hydrogens (tertiary/aromatic N) is 3. The lowest BCUT2D eigenvalue weighted by Gasteiger charge is -2.23. The van der Waals surface area contributed by atoms with Crippen molar-refractivity contribution in [1.29, 1.82) is 0 Å². The Morgan fingerprint density at radius 3 is 3.33 bits per heavy atom. The Kier molecular flexibility index (Phi) is 4.03. The molecule has 2 aromatic heterocycles. The van der Waals surface area contributed by atoms with Crippen LogP contribution in [-0.2, 0) is 19.4 Å². The van der Waals surface area contributed by atoms with E-state index in [1.807, 2.05) is 12.4 Å². The topological polar surface area (TPSA) is 75.6 Å². The quantitative estimate of drug-likeness (QED) is 0.876. The lowest BCUT2D eigenvalue weighted by Crippen LogP contribution is -2.33. The van der Waals surface area contributed by atoms with Crippen molar-refractivity contribution in [1.82, 2.24) is 25.1 Å². The van der Waals surface area contributed by atoms with Crippen LogP contribution in [0.3, 0.4) is 0 Å². The molecule has 1 aliphatic rings. The van der Waals surface area contributed by atoms with Crippen LogP contribution in [0.4, 0.5) is 0 Å². The third-order valence-corrected chi connectivity index (χ3v) is 4.05. The van der Waals surface area contributed by atoms with E-state index >= 15 is 0 Å². The summed E-state index contributed by atoms with van der Waals surface area (Å²) in [7, 11) is 0. The van der Waals surface area contributed by atoms with Crippen molar-refractivity contribution in [2.75, 3.05) is 6.54 Å². The van der Waals surface area contributed by atoms with Gasteiger partial charge in [-0.05, 0) is 18.8 Å². The summed E-state index contributed by atoms with van der Waals surface area (Å²) >= 11 is 0. The zero-order valence-electron chi connectivity index (χ0n) is 12.3. The number of aryl methyl sites for hydroxylation is 2. The number of carbonyl (C=O) groups is 1. The van der Waals surface area contributed by atoms with Crippen molar-refractivity contribution in [2.24, 2.45) is 5.92 Å². The molecule has 0 saturated heterocycles. The van der Waals surface area contributed by atoms with Crippen LogP contribution in [0, 0.1) is 5.92 Å². The first-order chi connectivity index (χ1) is 10.3. The van der Waals surface area contributed by atoms with Gasteiger partial charge in [0.05, 0.1) is 11.8 Å². The average Bonchev–Trinajstić information content (AvgIpc) is 3.13. The van der Waals surface area contributed by atoms with E-state index in [0.717, 1.165) is 43.7 Å². The molecule has 0 aromatic carbocycles. The molecule has 0 spiro atoms. The molecule has 112 valence electrons. The fourth-order valence-electron chi connectivity index (χ4n) is 2.89. The number of nitrogens with one attached hydrogen (secondary N) is 2. The van der Waals surface area contributed by atoms with Gasteiger partial charge in [0.15, 0.2) is 0 Å². The standard InChI is InChI=1S/C15H21N5O/c1-2-3-13-12(9-18-19-13)15(21)17-8-11-4-5-14-16-6-7-20(14)10-11/h6-7,9,11H,2-5,8,10H2,1H3,(H,17,21)(H,18,19)/t11-/m1/s1. The maximum Gasteiger partial charge on any atom is 0.254 e. The number of aromatic nitrogens is 4. The van der Waals surface area contributed by atoms with Crippen molar-refractivity contribution in [3.05, 3.63) is 35.7 Å². The van der Waals surface area contributed by atoms with Gasteiger partial charge < -0.3 is 9.88 Å². The van der Waals surface area contributed by atoms with Gasteiger partial charge in [0.2, 0.25) is 0 Å². The van der Waals surface area contributed by atoms with Crippen molar-refractivity contribution in [2.45, 2.75) is 39.2 Å². The van der Waals surface area contributed by atoms with Crippen LogP contribution in [-0.4, -0.2) is 32.2 Å². The van der Waals surface area contributed by atoms with Gasteiger partial charge in [-0.1, -0.05) is 13.3 Å². The first-order valence-electron chi connectivity index (χ1n) is 7.58. The van der Waals surface area contributed by atoms with Gasteiger partial charge in [-0.15, -0.1) is 0 Å². The molecule has 0 bridgehead atoms. The van der Waals surface area contributed by atoms with Crippen LogP contribution < -0.4 is 5.32 Å². The summed E-state index contributed by atoms with van der Waals surface area (Å²) in [6.45, 7) is 3.73. The molecule has 21 heavy (non-hydrogen) atoms. The van der Waals surface area contributed by atoms with Crippen molar-refractivity contribution in [3.8, 4) is 0 Å². The number of imidazole rings is 1. The lowest BCUT2D eigenvalue weighted by molar-refractivity contribution is 0.0942. The van der Waals surface area contributed by atoms with Crippen LogP contribution in [0.5, 0.6) is 0 Å². The third kappa shape index (κ3) is 2.99. The minimum Gasteiger partial charge on any atom is -0.352 e. The molecule has 1 amide bonds. The highest BCUT2D eigenvalue weighted by Gasteiger charge is 2.20. The molecular weight excluding hydrogens is 266 g/mol. The van der Waals surface area contributed by atoms with Gasteiger partial charge in [-0.2, -0.15) is 5.10 Å². The SMILES string of the molecule is CCCc1[nH]ncc1C(=O)NC[C@H]1CCc2nccn2C1. The van der Waals surface area contributed by atoms with Gasteiger partial charge in [-0.3, -0.25) is 9.89 Å². The van der Waals surface area contributed by atoms with Crippen LogP contribution in [0.15, 0.2) is 18.6 Å². The molecule has 0 saturated carbocycles. The summed E-state index contributed by atoms with van der Waals surface area (Å²) in [6, 6.07) is 0. The first-order valence-corrected chi connectivity index (χ1v) is 7.58. The molecule has 0 unspecified atom stereocenters. The number of hydrogen-bond donors (Lipinski definition) is 2. The second-order valence-electron chi connectivity index (χ2n) is 5.62. The maximum absolute atomic E-state index is 12.2. The Hall–Kier alpha value is -2.11. The molecule has 0 fully saturated rings. The smallest absolute Gasteiger partial charge is 0.254 e. The Morgan fingerprint density at radius 1 is 1.57 bits per heavy atom. The van der Waals surface area contributed by atoms with Gasteiger partial charge in [0.1, 0.15) is 5.82 Å². The molecule has 2 N–H and O–H groups in total. The minimum atomic E-state index is -0.0244. The van der Waals surface area contributed by atoms with Gasteiger partial charge in [0.25, 0.3) is 5.91 Å². The largest absolute Gasteiger partial charge is 0.352 e. The average molecular weight is 287 g/mol. The molecule has 3 heterocycles. The molecule has 6 heteroatoms. The predicted octanol–water partition coefficient (Wildman–Crippen LogP) is 1.55. The second-order valence-corrected chi connectivity index (χ2v) is 5.62. The molecule has 0 aliphatic carbocycles. The Labute approximate surface area is 124 Å². The maximum atomic E-state index is 12.2. The molecular formula is C15H21N5O. The zero-order chi connectivity index (χ0) is 14.7. The molecule has 1 atom stereocenters. The third-order valence-electron chi connectivity index (χ3n) is 4.05. The molecule has 0 radical (unpaired) electrons. The van der Waals surface area contributed by atoms with Crippen molar-refractivity contribution >= 4 is 5.91 Å². The van der Waals surface area contributed by atoms with Gasteiger partial charge in [0, 0.05) is 37.6 Å². The normalized spacial score (nSPS) is 17.5. The zero-order valence-corrected chi connectivity index (χ0v) is 12.3. The highest BCUT2D eigenvalue weighted by Crippen LogP contribution is 2.18. The number of hydrogen-bond acceptors (Lipinski definition) is 3. The fourth-order valence-corrected chi connectivity index (χ4v) is 2.89. The van der Waals surface area contributed by atoms with Crippen LogP contribution in [0.25, 0.3) is 0 Å². The molecule has 2 aromatic rings. The summed E-state index contributed by atoms with van der Waals surface area (Å²) in [6.07, 6.45) is 9.39. The monoisotopic (exact) mass is 287 g/mol. The second kappa shape index (κ2) is 6.11. The van der Waals surface area contributed by atoms with E-state index in [9.17, 15) is 4.79 Å². The summed E-state index contributed by atoms with van der Waals surface area (Å²) in [4.78, 5) is 16.6. The Morgan fingerprint density at radius 2 is 2.48 bits per heavy atom. The highest BCUT2D eigenvalue weighted by molar-refractivity contribution is 5.95. The minimum absolute atomic E-state index is 0.0244. The molecule has 3 rings (SSSR count). The van der Waals surface area contributed by atoms with E-state index in [1.165, 1.54) is 0 Å². The van der Waals surface area contributed by atoms with Gasteiger partial charge in [-0.25, -0.2) is 4.98 Å². The summed E-state index contributed by atoms with van der Waals surface area (Å²) in [5.74, 6) is 1.60. The Balaban J connectivity index is 1.56. The highest BCUT2D eigenvalue weighted by atomic mass is 16.1. The van der Waals surface area contributed by atoms with E-state index in [0.29, 0.717) is 18.0 Å². The number of H-pyrrole nitrogens is 1. The Bertz CT molecular complexity index is 615. The van der Waals surface area contributed by atoms with Crippen molar-refractivity contribution < 1.29 is 4.79 Å².